The topological polar surface area (TPSA) is 18.5 Å². The molecule has 0 aliphatic rings. The summed E-state index contributed by atoms with van der Waals surface area (Å²) in [6.45, 7) is 18.0. The van der Waals surface area contributed by atoms with Gasteiger partial charge in [0.2, 0.25) is 0 Å². The van der Waals surface area contributed by atoms with E-state index in [1.54, 1.807) is 0 Å². The van der Waals surface area contributed by atoms with E-state index < -0.39 is 66.2 Å². The third-order valence-electron chi connectivity index (χ3n) is 10.1. The predicted molar refractivity (Wildman–Crippen MR) is 243 cm³/mol. The summed E-state index contributed by atoms with van der Waals surface area (Å²) in [6, 6.07) is 0. The maximum atomic E-state index is 7.18. The molecule has 14 heteroatoms. The molecule has 0 rings (SSSR count). The molecule has 304 valence electrons. The summed E-state index contributed by atoms with van der Waals surface area (Å²) in [5.41, 5.74) is 0. The normalized spacial score (nSPS) is 15.4. The van der Waals surface area contributed by atoms with Gasteiger partial charge in [-0.25, -0.2) is 0 Å². The first-order valence-electron chi connectivity index (χ1n) is 20.1. The van der Waals surface area contributed by atoms with E-state index in [0.29, 0.717) is 0 Å². The van der Waals surface area contributed by atoms with Crippen molar-refractivity contribution in [2.45, 2.75) is 225 Å². The van der Waals surface area contributed by atoms with Crippen molar-refractivity contribution >= 4 is 138 Å². The summed E-state index contributed by atoms with van der Waals surface area (Å²) >= 11 is -14.8. The summed E-state index contributed by atoms with van der Waals surface area (Å²) in [6.07, 6.45) is 30.0. The Balaban J connectivity index is 0. The zero-order chi connectivity index (χ0) is 38.8. The van der Waals surface area contributed by atoms with Gasteiger partial charge in [-0.2, -0.15) is 0 Å². The van der Waals surface area contributed by atoms with Crippen molar-refractivity contribution in [3.8, 4) is 0 Å². The Hall–Kier alpha value is 5.43. The molecule has 2 atom stereocenters. The Labute approximate surface area is 360 Å². The van der Waals surface area contributed by atoms with Gasteiger partial charge >= 0.3 is 366 Å². The molecule has 0 heterocycles. The first kappa shape index (κ1) is 57.5. The fourth-order valence-corrected chi connectivity index (χ4v) is 110. The van der Waals surface area contributed by atoms with Crippen molar-refractivity contribution in [3.05, 3.63) is 0 Å². The Bertz CT molecular complexity index is 739. The van der Waals surface area contributed by atoms with E-state index in [1.165, 1.54) is 128 Å². The quantitative estimate of drug-likeness (QED) is 0.0494. The van der Waals surface area contributed by atoms with Gasteiger partial charge in [-0.3, -0.25) is 0 Å². The maximum absolute atomic E-state index is 7.18. The van der Waals surface area contributed by atoms with Gasteiger partial charge < -0.3 is 0 Å². The predicted octanol–water partition coefficient (Wildman–Crippen LogP) is 18.7. The Kier molecular flexibility index (Phi) is 37.1. The van der Waals surface area contributed by atoms with Crippen LogP contribution in [-0.2, 0) is 2.82 Å². The summed E-state index contributed by atoms with van der Waals surface area (Å²) in [5, 5.41) is 0. The Morgan fingerprint density at radius 1 is 0.340 bits per heavy atom. The fraction of sp³-hybridized carbons (Fsp3) is 1.00. The molecule has 2 unspecified atom stereocenters. The Morgan fingerprint density at radius 2 is 0.560 bits per heavy atom. The Morgan fingerprint density at radius 3 is 0.800 bits per heavy atom. The van der Waals surface area contributed by atoms with E-state index in [4.69, 9.17) is 74.2 Å². The third-order valence-corrected chi connectivity index (χ3v) is 90.3. The second-order valence-corrected chi connectivity index (χ2v) is 86.1. The molecule has 0 fully saturated rings. The SMILES string of the molecule is CCCCCCC[CH2][Sn]([Cl])([O][Sn]([Cl])([Cl])[Cl])[C](C)(C)CCCCCCC.CCCCCCC[CH2][Sn]([Cl])([O][Sn]([Cl])([Cl])[Cl])[C](C)(C)CCCCCCC. The molecule has 0 amide bonds. The van der Waals surface area contributed by atoms with Crippen molar-refractivity contribution in [1.82, 2.24) is 0 Å². The van der Waals surface area contributed by atoms with Gasteiger partial charge in [-0.1, -0.05) is 0 Å². The van der Waals surface area contributed by atoms with Crippen LogP contribution in [0.15, 0.2) is 0 Å². The fourth-order valence-electron chi connectivity index (χ4n) is 6.40. The van der Waals surface area contributed by atoms with Crippen molar-refractivity contribution in [2.24, 2.45) is 0 Å². The molecule has 0 radical (unpaired) electrons. The minimum absolute atomic E-state index is 0.00666. The minimum atomic E-state index is -3.92. The van der Waals surface area contributed by atoms with Crippen molar-refractivity contribution in [2.75, 3.05) is 0 Å². The molecule has 0 aromatic carbocycles. The molecule has 0 saturated heterocycles. The van der Waals surface area contributed by atoms with Gasteiger partial charge in [0.1, 0.15) is 0 Å². The van der Waals surface area contributed by atoms with E-state index in [9.17, 15) is 0 Å². The van der Waals surface area contributed by atoms with Crippen LogP contribution in [0.2, 0.25) is 15.7 Å². The molecule has 2 nitrogen and oxygen atoms in total. The van der Waals surface area contributed by atoms with Crippen LogP contribution in [0.3, 0.4) is 0 Å². The van der Waals surface area contributed by atoms with Gasteiger partial charge in [0.15, 0.2) is 0 Å². The first-order valence-corrected chi connectivity index (χ1v) is 60.5. The van der Waals surface area contributed by atoms with Crippen molar-refractivity contribution < 1.29 is 2.82 Å². The summed E-state index contributed by atoms with van der Waals surface area (Å²) < 4.78 is 14.3. The van der Waals surface area contributed by atoms with Crippen LogP contribution >= 0.6 is 71.4 Å². The van der Waals surface area contributed by atoms with E-state index in [1.807, 2.05) is 0 Å². The molecule has 0 N–H and O–H groups in total. The number of halogens is 8. The molecular formula is C36H76Cl8O2Sn4. The second kappa shape index (κ2) is 32.2. The first-order chi connectivity index (χ1) is 23.2. The zero-order valence-corrected chi connectivity index (χ0v) is 50.7. The van der Waals surface area contributed by atoms with Gasteiger partial charge in [0.05, 0.1) is 0 Å². The molecule has 0 aliphatic carbocycles. The van der Waals surface area contributed by atoms with Crippen molar-refractivity contribution in [1.29, 1.82) is 0 Å². The van der Waals surface area contributed by atoms with Crippen LogP contribution in [0.25, 0.3) is 0 Å². The van der Waals surface area contributed by atoms with Crippen LogP contribution in [0.4, 0.5) is 0 Å². The molecule has 0 aromatic heterocycles. The van der Waals surface area contributed by atoms with Gasteiger partial charge in [-0.15, -0.1) is 0 Å². The number of hydrogen-bond acceptors (Lipinski definition) is 2. The van der Waals surface area contributed by atoms with E-state index in [-0.39, 0.29) is 6.86 Å². The molecule has 0 bridgehead atoms. The average Bonchev–Trinajstić information content (AvgIpc) is 2.99. The third kappa shape index (κ3) is 30.5. The zero-order valence-electron chi connectivity index (χ0n) is 33.2. The van der Waals surface area contributed by atoms with Crippen LogP contribution in [0.5, 0.6) is 0 Å². The van der Waals surface area contributed by atoms with E-state index >= 15 is 0 Å². The molecule has 0 aromatic rings. The molecular weight excluding hydrogens is 1220 g/mol. The molecule has 0 saturated carbocycles. The van der Waals surface area contributed by atoms with Crippen LogP contribution in [0.1, 0.15) is 209 Å². The molecule has 0 aliphatic heterocycles. The number of unbranched alkanes of at least 4 members (excludes halogenated alkanes) is 18. The number of hydrogen-bond donors (Lipinski definition) is 0. The summed E-state index contributed by atoms with van der Waals surface area (Å²) in [4.78, 5) is 0. The standard InChI is InChI=1S/2C10H21.2C8H17.8ClH.2O.4Sn/c2*1-4-5-6-7-8-9-10(2)3;2*1-3-5-7-8-6-4-2;;;;;;;;;;;;;;/h2*4-9H2,1-3H3;2*1,3-8H2,2H3;8*1H;;;;;;/q;;;;;;;;;;;;;;2*+1;2*+3/p-8. The van der Waals surface area contributed by atoms with Crippen LogP contribution in [-0.4, -0.2) is 66.2 Å². The second-order valence-electron chi connectivity index (χ2n) is 15.7. The van der Waals surface area contributed by atoms with Crippen LogP contribution in [0, 0.1) is 0 Å². The number of rotatable bonds is 32. The molecule has 0 spiro atoms. The summed E-state index contributed by atoms with van der Waals surface area (Å²) in [7, 11) is 51.5. The van der Waals surface area contributed by atoms with Gasteiger partial charge in [0, 0.05) is 0 Å². The van der Waals surface area contributed by atoms with E-state index in [0.717, 1.165) is 34.6 Å². The summed E-state index contributed by atoms with van der Waals surface area (Å²) in [5.74, 6) is 0. The van der Waals surface area contributed by atoms with Crippen molar-refractivity contribution in [3.63, 3.8) is 0 Å². The monoisotopic (exact) mass is 1300 g/mol. The average molecular weight is 1300 g/mol. The van der Waals surface area contributed by atoms with Gasteiger partial charge in [0.25, 0.3) is 0 Å². The van der Waals surface area contributed by atoms with E-state index in [2.05, 4.69) is 55.4 Å². The molecule has 50 heavy (non-hydrogen) atoms. The van der Waals surface area contributed by atoms with Gasteiger partial charge in [-0.05, 0) is 0 Å². The van der Waals surface area contributed by atoms with Crippen LogP contribution < -0.4 is 0 Å².